The van der Waals surface area contributed by atoms with Crippen molar-refractivity contribution < 1.29 is 4.79 Å². The molecule has 0 saturated carbocycles. The summed E-state index contributed by atoms with van der Waals surface area (Å²) >= 11 is 7.80. The van der Waals surface area contributed by atoms with Crippen LogP contribution in [0.15, 0.2) is 24.3 Å². The van der Waals surface area contributed by atoms with Gasteiger partial charge >= 0.3 is 0 Å². The Labute approximate surface area is 139 Å². The highest BCUT2D eigenvalue weighted by atomic mass is 35.5. The molecule has 6 heteroatoms. The molecule has 0 spiro atoms. The van der Waals surface area contributed by atoms with Crippen molar-refractivity contribution in [2.75, 3.05) is 19.6 Å². The lowest BCUT2D eigenvalue weighted by Gasteiger charge is -2.36. The maximum absolute atomic E-state index is 13.0. The number of benzene rings is 1. The van der Waals surface area contributed by atoms with Gasteiger partial charge in [0.15, 0.2) is 0 Å². The minimum Gasteiger partial charge on any atom is -0.328 e. The quantitative estimate of drug-likeness (QED) is 0.916. The van der Waals surface area contributed by atoms with E-state index in [1.807, 2.05) is 43.0 Å². The molecular weight excluding hydrogens is 318 g/mol. The normalized spacial score (nSPS) is 18.5. The second-order valence-electron chi connectivity index (χ2n) is 5.39. The molecule has 2 heterocycles. The molecule has 2 aromatic rings. The summed E-state index contributed by atoms with van der Waals surface area (Å²) in [5, 5.41) is 4.97. The summed E-state index contributed by atoms with van der Waals surface area (Å²) in [6, 6.07) is 7.68. The van der Waals surface area contributed by atoms with Crippen LogP contribution in [0, 0.1) is 13.8 Å². The number of carbonyl (C=O) groups excluding carboxylic acids is 1. The van der Waals surface area contributed by atoms with E-state index < -0.39 is 0 Å². The Morgan fingerprint density at radius 3 is 2.86 bits per heavy atom. The fraction of sp³-hybridized carbons (Fsp3) is 0.375. The molecule has 22 heavy (non-hydrogen) atoms. The third-order valence-electron chi connectivity index (χ3n) is 3.87. The summed E-state index contributed by atoms with van der Waals surface area (Å²) in [6.45, 7) is 6.00. The highest BCUT2D eigenvalue weighted by Crippen LogP contribution is 2.31. The minimum atomic E-state index is -0.0447. The average Bonchev–Trinajstić information content (AvgIpc) is 2.86. The van der Waals surface area contributed by atoms with Crippen molar-refractivity contribution in [3.8, 4) is 0 Å². The van der Waals surface area contributed by atoms with Crippen molar-refractivity contribution in [1.29, 1.82) is 0 Å². The summed E-state index contributed by atoms with van der Waals surface area (Å²) in [6.07, 6.45) is 0. The van der Waals surface area contributed by atoms with Gasteiger partial charge < -0.3 is 10.2 Å². The van der Waals surface area contributed by atoms with E-state index in [0.29, 0.717) is 18.1 Å². The molecule has 1 N–H and O–H groups in total. The van der Waals surface area contributed by atoms with Gasteiger partial charge in [0.25, 0.3) is 5.91 Å². The number of aryl methyl sites for hydroxylation is 2. The lowest BCUT2D eigenvalue weighted by atomic mass is 10.0. The van der Waals surface area contributed by atoms with E-state index in [0.717, 1.165) is 27.7 Å². The highest BCUT2D eigenvalue weighted by molar-refractivity contribution is 7.13. The van der Waals surface area contributed by atoms with Crippen molar-refractivity contribution in [3.05, 3.63) is 50.4 Å². The zero-order chi connectivity index (χ0) is 15.7. The number of nitrogens with zero attached hydrogens (tertiary/aromatic N) is 2. The van der Waals surface area contributed by atoms with Gasteiger partial charge in [0, 0.05) is 24.7 Å². The Kier molecular flexibility index (Phi) is 4.47. The molecule has 1 aliphatic rings. The first-order valence-corrected chi connectivity index (χ1v) is 8.47. The zero-order valence-corrected chi connectivity index (χ0v) is 14.2. The van der Waals surface area contributed by atoms with Gasteiger partial charge in [0.05, 0.1) is 16.7 Å². The van der Waals surface area contributed by atoms with Crippen molar-refractivity contribution in [2.45, 2.75) is 19.9 Å². The Morgan fingerprint density at radius 2 is 2.18 bits per heavy atom. The van der Waals surface area contributed by atoms with Crippen LogP contribution in [0.25, 0.3) is 0 Å². The van der Waals surface area contributed by atoms with E-state index in [9.17, 15) is 4.79 Å². The van der Waals surface area contributed by atoms with Crippen LogP contribution in [0.3, 0.4) is 0 Å². The van der Waals surface area contributed by atoms with E-state index in [2.05, 4.69) is 10.3 Å². The summed E-state index contributed by atoms with van der Waals surface area (Å²) < 4.78 is 0. The monoisotopic (exact) mass is 335 g/mol. The maximum atomic E-state index is 13.0. The number of hydrogen-bond donors (Lipinski definition) is 1. The predicted octanol–water partition coefficient (Wildman–Crippen LogP) is 3.20. The standard InChI is InChI=1S/C16H18ClN3OS/c1-10-15(22-11(2)19-10)16(21)20-8-7-18-9-14(20)12-5-3-4-6-13(12)17/h3-6,14,18H,7-9H2,1-2H3. The van der Waals surface area contributed by atoms with Crippen molar-refractivity contribution >= 4 is 28.8 Å². The Balaban J connectivity index is 1.95. The number of amides is 1. The molecule has 0 bridgehead atoms. The van der Waals surface area contributed by atoms with Gasteiger partial charge in [-0.2, -0.15) is 0 Å². The molecule has 3 rings (SSSR count). The van der Waals surface area contributed by atoms with Crippen LogP contribution in [-0.4, -0.2) is 35.4 Å². The predicted molar refractivity (Wildman–Crippen MR) is 89.7 cm³/mol. The summed E-state index contributed by atoms with van der Waals surface area (Å²) in [5.41, 5.74) is 1.80. The van der Waals surface area contributed by atoms with Crippen LogP contribution in [0.1, 0.15) is 32.0 Å². The van der Waals surface area contributed by atoms with Crippen LogP contribution >= 0.6 is 22.9 Å². The van der Waals surface area contributed by atoms with Crippen molar-refractivity contribution in [2.24, 2.45) is 0 Å². The number of hydrogen-bond acceptors (Lipinski definition) is 4. The molecule has 1 atom stereocenters. The number of piperazine rings is 1. The van der Waals surface area contributed by atoms with Crippen LogP contribution in [0.2, 0.25) is 5.02 Å². The topological polar surface area (TPSA) is 45.2 Å². The Hall–Kier alpha value is -1.43. The van der Waals surface area contributed by atoms with Crippen LogP contribution in [0.4, 0.5) is 0 Å². The molecule has 1 unspecified atom stereocenters. The van der Waals surface area contributed by atoms with Crippen molar-refractivity contribution in [3.63, 3.8) is 0 Å². The Morgan fingerprint density at radius 1 is 1.41 bits per heavy atom. The number of rotatable bonds is 2. The maximum Gasteiger partial charge on any atom is 0.266 e. The van der Waals surface area contributed by atoms with Gasteiger partial charge in [0.1, 0.15) is 4.88 Å². The summed E-state index contributed by atoms with van der Waals surface area (Å²) in [7, 11) is 0. The molecule has 1 aromatic carbocycles. The van der Waals surface area contributed by atoms with Gasteiger partial charge in [0.2, 0.25) is 0 Å². The molecule has 116 valence electrons. The second kappa shape index (κ2) is 6.36. The molecule has 4 nitrogen and oxygen atoms in total. The zero-order valence-electron chi connectivity index (χ0n) is 12.6. The van der Waals surface area contributed by atoms with Crippen LogP contribution < -0.4 is 5.32 Å². The first kappa shape index (κ1) is 15.5. The van der Waals surface area contributed by atoms with Gasteiger partial charge in [-0.05, 0) is 25.5 Å². The molecule has 1 saturated heterocycles. The van der Waals surface area contributed by atoms with Crippen LogP contribution in [-0.2, 0) is 0 Å². The van der Waals surface area contributed by atoms with Gasteiger partial charge in [-0.3, -0.25) is 4.79 Å². The van der Waals surface area contributed by atoms with Gasteiger partial charge in [-0.25, -0.2) is 4.98 Å². The largest absolute Gasteiger partial charge is 0.328 e. The lowest BCUT2D eigenvalue weighted by molar-refractivity contribution is 0.0638. The number of aromatic nitrogens is 1. The van der Waals surface area contributed by atoms with Gasteiger partial charge in [-0.15, -0.1) is 11.3 Å². The highest BCUT2D eigenvalue weighted by Gasteiger charge is 2.31. The summed E-state index contributed by atoms with van der Waals surface area (Å²) in [5.74, 6) is 0.0505. The SMILES string of the molecule is Cc1nc(C)c(C(=O)N2CCNCC2c2ccccc2Cl)s1. The molecule has 1 fully saturated rings. The number of nitrogens with one attached hydrogen (secondary N) is 1. The lowest BCUT2D eigenvalue weighted by Crippen LogP contribution is -2.48. The van der Waals surface area contributed by atoms with E-state index in [4.69, 9.17) is 11.6 Å². The van der Waals surface area contributed by atoms with Crippen LogP contribution in [0.5, 0.6) is 0 Å². The van der Waals surface area contributed by atoms with E-state index in [1.165, 1.54) is 11.3 Å². The van der Waals surface area contributed by atoms with Crippen molar-refractivity contribution in [1.82, 2.24) is 15.2 Å². The minimum absolute atomic E-state index is 0.0447. The average molecular weight is 336 g/mol. The van der Waals surface area contributed by atoms with Gasteiger partial charge in [-0.1, -0.05) is 29.8 Å². The van der Waals surface area contributed by atoms with E-state index in [1.54, 1.807) is 0 Å². The Bertz CT molecular complexity index is 700. The molecule has 0 radical (unpaired) electrons. The third-order valence-corrected chi connectivity index (χ3v) is 5.27. The smallest absolute Gasteiger partial charge is 0.266 e. The van der Waals surface area contributed by atoms with E-state index in [-0.39, 0.29) is 11.9 Å². The third kappa shape index (κ3) is 2.89. The first-order chi connectivity index (χ1) is 10.6. The molecule has 1 amide bonds. The molecular formula is C16H18ClN3OS. The first-order valence-electron chi connectivity index (χ1n) is 7.28. The number of halogens is 1. The molecule has 0 aliphatic carbocycles. The number of thiazole rings is 1. The molecule has 1 aliphatic heterocycles. The fourth-order valence-corrected chi connectivity index (χ4v) is 3.97. The van der Waals surface area contributed by atoms with E-state index >= 15 is 0 Å². The fourth-order valence-electron chi connectivity index (χ4n) is 2.83. The second-order valence-corrected chi connectivity index (χ2v) is 7.00. The summed E-state index contributed by atoms with van der Waals surface area (Å²) in [4.78, 5) is 20.0. The number of carbonyl (C=O) groups is 1. The molecule has 1 aromatic heterocycles.